The minimum Gasteiger partial charge on any atom is -0.312 e. The summed E-state index contributed by atoms with van der Waals surface area (Å²) < 4.78 is 1.96. The van der Waals surface area contributed by atoms with Crippen LogP contribution in [0.1, 0.15) is 19.9 Å². The smallest absolute Gasteiger partial charge is 0.204 e. The Bertz CT molecular complexity index is 480. The molecule has 80 valence electrons. The van der Waals surface area contributed by atoms with Gasteiger partial charge in [0.05, 0.1) is 10.7 Å². The molecule has 1 rings (SSSR count). The highest BCUT2D eigenvalue weighted by Gasteiger charge is 2.07. The minimum atomic E-state index is 0.267. The van der Waals surface area contributed by atoms with E-state index < -0.39 is 0 Å². The number of imidazole rings is 1. The Morgan fingerprint density at radius 3 is 2.33 bits per heavy atom. The van der Waals surface area contributed by atoms with Gasteiger partial charge in [0.15, 0.2) is 0 Å². The minimum absolute atomic E-state index is 0.267. The van der Waals surface area contributed by atoms with Gasteiger partial charge < -0.3 is 4.57 Å². The van der Waals surface area contributed by atoms with E-state index >= 15 is 0 Å². The summed E-state index contributed by atoms with van der Waals surface area (Å²) in [5.74, 6) is 0. The maximum atomic E-state index is 6.06. The predicted molar refractivity (Wildman–Crippen MR) is 66.2 cm³/mol. The fourth-order valence-corrected chi connectivity index (χ4v) is 1.81. The zero-order valence-corrected chi connectivity index (χ0v) is 9.83. The van der Waals surface area contributed by atoms with Crippen molar-refractivity contribution in [3.63, 3.8) is 0 Å². The van der Waals surface area contributed by atoms with E-state index in [1.807, 2.05) is 16.7 Å². The number of nitrogens with zero attached hydrogens (tertiary/aromatic N) is 2. The van der Waals surface area contributed by atoms with Crippen LogP contribution in [-0.4, -0.2) is 9.55 Å². The van der Waals surface area contributed by atoms with E-state index in [9.17, 15) is 0 Å². The van der Waals surface area contributed by atoms with Gasteiger partial charge in [-0.1, -0.05) is 25.3 Å². The molecule has 0 bridgehead atoms. The van der Waals surface area contributed by atoms with E-state index in [4.69, 9.17) is 11.6 Å². The Hall–Kier alpha value is -1.28. The molecule has 0 aliphatic rings. The predicted octanol–water partition coefficient (Wildman–Crippen LogP) is 2.05. The van der Waals surface area contributed by atoms with Crippen molar-refractivity contribution in [2.24, 2.45) is 0 Å². The fourth-order valence-electron chi connectivity index (χ4n) is 1.44. The highest BCUT2D eigenvalue weighted by molar-refractivity contribution is 6.28. The molecule has 0 saturated heterocycles. The Balaban J connectivity index is 3.67. The molecule has 2 nitrogen and oxygen atoms in total. The van der Waals surface area contributed by atoms with Gasteiger partial charge in [0.25, 0.3) is 0 Å². The Morgan fingerprint density at radius 1 is 1.27 bits per heavy atom. The molecule has 15 heavy (non-hydrogen) atoms. The van der Waals surface area contributed by atoms with Gasteiger partial charge in [-0.05, 0) is 37.6 Å². The van der Waals surface area contributed by atoms with Gasteiger partial charge in [-0.15, -0.1) is 0 Å². The summed E-state index contributed by atoms with van der Waals surface area (Å²) in [5.41, 5.74) is 0. The van der Waals surface area contributed by atoms with Crippen LogP contribution in [0.4, 0.5) is 0 Å². The standard InChI is InChI=1S/C12H15ClN2/c1-5-7-10-11(8-6-2)15(9(3)4)12(13)14-10/h5-9H,1-2H2,3-4H3/b10-7+,11-8+. The second-order valence-electron chi connectivity index (χ2n) is 3.42. The van der Waals surface area contributed by atoms with Crippen LogP contribution < -0.4 is 10.7 Å². The van der Waals surface area contributed by atoms with E-state index in [-0.39, 0.29) is 6.04 Å². The van der Waals surface area contributed by atoms with E-state index in [1.54, 1.807) is 12.2 Å². The number of hydrogen-bond acceptors (Lipinski definition) is 1. The summed E-state index contributed by atoms with van der Waals surface area (Å²) in [6, 6.07) is 0.267. The van der Waals surface area contributed by atoms with E-state index in [0.717, 1.165) is 10.7 Å². The third-order valence-corrected chi connectivity index (χ3v) is 2.27. The van der Waals surface area contributed by atoms with Crippen molar-refractivity contribution < 1.29 is 0 Å². The summed E-state index contributed by atoms with van der Waals surface area (Å²) in [7, 11) is 0. The zero-order chi connectivity index (χ0) is 11.4. The average Bonchev–Trinajstić information content (AvgIpc) is 2.44. The third kappa shape index (κ3) is 2.39. The maximum absolute atomic E-state index is 6.06. The van der Waals surface area contributed by atoms with Crippen LogP contribution in [0.25, 0.3) is 12.2 Å². The molecular weight excluding hydrogens is 208 g/mol. The van der Waals surface area contributed by atoms with Gasteiger partial charge in [0, 0.05) is 6.04 Å². The number of halogens is 1. The molecule has 0 unspecified atom stereocenters. The van der Waals surface area contributed by atoms with Crippen LogP contribution in [0.5, 0.6) is 0 Å². The summed E-state index contributed by atoms with van der Waals surface area (Å²) in [6.07, 6.45) is 7.16. The molecular formula is C12H15ClN2. The van der Waals surface area contributed by atoms with Crippen LogP contribution in [0.2, 0.25) is 5.28 Å². The first-order valence-electron chi connectivity index (χ1n) is 4.81. The average molecular weight is 223 g/mol. The summed E-state index contributed by atoms with van der Waals surface area (Å²) in [4.78, 5) is 4.26. The van der Waals surface area contributed by atoms with Gasteiger partial charge >= 0.3 is 0 Å². The third-order valence-electron chi connectivity index (χ3n) is 2.00. The van der Waals surface area contributed by atoms with Crippen molar-refractivity contribution in [3.8, 4) is 0 Å². The lowest BCUT2D eigenvalue weighted by Crippen LogP contribution is -2.30. The highest BCUT2D eigenvalue weighted by Crippen LogP contribution is 2.07. The van der Waals surface area contributed by atoms with E-state index in [2.05, 4.69) is 32.0 Å². The molecule has 0 atom stereocenters. The first kappa shape index (κ1) is 11.8. The van der Waals surface area contributed by atoms with Crippen LogP contribution in [0, 0.1) is 0 Å². The molecule has 3 heteroatoms. The first-order valence-corrected chi connectivity index (χ1v) is 5.18. The SMILES string of the molecule is C=C/C=c1/nc(Cl)n(C(C)C)/c1=C/C=C. The van der Waals surface area contributed by atoms with Gasteiger partial charge in [-0.2, -0.15) is 0 Å². The Labute approximate surface area is 94.9 Å². The molecule has 1 aromatic heterocycles. The van der Waals surface area contributed by atoms with Gasteiger partial charge in [0.1, 0.15) is 0 Å². The molecule has 0 radical (unpaired) electrons. The van der Waals surface area contributed by atoms with E-state index in [1.165, 1.54) is 0 Å². The Kier molecular flexibility index (Phi) is 3.92. The number of allylic oxidation sites excluding steroid dienone is 2. The van der Waals surface area contributed by atoms with Gasteiger partial charge in [0.2, 0.25) is 5.28 Å². The summed E-state index contributed by atoms with van der Waals surface area (Å²) in [5, 5.41) is 2.28. The molecule has 0 saturated carbocycles. The molecule has 0 spiro atoms. The van der Waals surface area contributed by atoms with Gasteiger partial charge in [-0.25, -0.2) is 4.98 Å². The monoisotopic (exact) mass is 222 g/mol. The lowest BCUT2D eigenvalue weighted by Gasteiger charge is -2.07. The molecule has 0 aromatic carbocycles. The Morgan fingerprint density at radius 2 is 1.87 bits per heavy atom. The molecule has 0 aliphatic heterocycles. The molecule has 1 aromatic rings. The lowest BCUT2D eigenvalue weighted by molar-refractivity contribution is 0.586. The number of rotatable bonds is 3. The molecule has 0 N–H and O–H groups in total. The molecule has 0 amide bonds. The van der Waals surface area contributed by atoms with Gasteiger partial charge in [-0.3, -0.25) is 0 Å². The van der Waals surface area contributed by atoms with Crippen LogP contribution in [-0.2, 0) is 0 Å². The number of aromatic nitrogens is 2. The van der Waals surface area contributed by atoms with Crippen molar-refractivity contribution in [3.05, 3.63) is 41.3 Å². The van der Waals surface area contributed by atoms with Crippen molar-refractivity contribution >= 4 is 23.8 Å². The highest BCUT2D eigenvalue weighted by atomic mass is 35.5. The van der Waals surface area contributed by atoms with E-state index in [0.29, 0.717) is 5.28 Å². The summed E-state index contributed by atoms with van der Waals surface area (Å²) >= 11 is 6.06. The summed E-state index contributed by atoms with van der Waals surface area (Å²) in [6.45, 7) is 11.5. The van der Waals surface area contributed by atoms with Crippen molar-refractivity contribution in [2.45, 2.75) is 19.9 Å². The van der Waals surface area contributed by atoms with Crippen LogP contribution in [0.15, 0.2) is 25.3 Å². The molecule has 1 heterocycles. The topological polar surface area (TPSA) is 17.8 Å². The van der Waals surface area contributed by atoms with Crippen molar-refractivity contribution in [2.75, 3.05) is 0 Å². The lowest BCUT2D eigenvalue weighted by atomic mass is 10.3. The fraction of sp³-hybridized carbons (Fsp3) is 0.250. The van der Waals surface area contributed by atoms with Crippen molar-refractivity contribution in [1.29, 1.82) is 0 Å². The second kappa shape index (κ2) is 4.99. The van der Waals surface area contributed by atoms with Crippen molar-refractivity contribution in [1.82, 2.24) is 9.55 Å². The zero-order valence-electron chi connectivity index (χ0n) is 9.07. The first-order chi connectivity index (χ1) is 7.11. The number of hydrogen-bond donors (Lipinski definition) is 0. The maximum Gasteiger partial charge on any atom is 0.204 e. The quantitative estimate of drug-likeness (QED) is 0.766. The molecule has 0 aliphatic carbocycles. The van der Waals surface area contributed by atoms with Crippen LogP contribution in [0.3, 0.4) is 0 Å². The normalized spacial score (nSPS) is 13.6. The largest absolute Gasteiger partial charge is 0.312 e. The molecule has 0 fully saturated rings. The second-order valence-corrected chi connectivity index (χ2v) is 3.76. The van der Waals surface area contributed by atoms with Crippen LogP contribution >= 0.6 is 11.6 Å².